The van der Waals surface area contributed by atoms with Crippen molar-refractivity contribution in [2.24, 2.45) is 5.92 Å². The van der Waals surface area contributed by atoms with Gasteiger partial charge in [0.15, 0.2) is 11.5 Å². The number of ether oxygens (including phenoxy) is 3. The van der Waals surface area contributed by atoms with Crippen LogP contribution in [0, 0.1) is 5.92 Å². The van der Waals surface area contributed by atoms with Crippen molar-refractivity contribution in [2.75, 3.05) is 39.5 Å². The van der Waals surface area contributed by atoms with Gasteiger partial charge >= 0.3 is 5.97 Å². The van der Waals surface area contributed by atoms with Crippen LogP contribution in [-0.4, -0.2) is 61.4 Å². The second-order valence-corrected chi connectivity index (χ2v) is 5.90. The van der Waals surface area contributed by atoms with Crippen molar-refractivity contribution in [2.45, 2.75) is 20.3 Å². The molecule has 25 heavy (non-hydrogen) atoms. The number of carboxylic acids is 1. The van der Waals surface area contributed by atoms with E-state index in [1.807, 2.05) is 6.92 Å². The Balaban J connectivity index is 2.10. The summed E-state index contributed by atoms with van der Waals surface area (Å²) in [6.45, 7) is 6.16. The molecule has 1 aromatic rings. The molecule has 0 saturated carbocycles. The van der Waals surface area contributed by atoms with Crippen LogP contribution in [0.5, 0.6) is 11.5 Å². The molecule has 2 rings (SSSR count). The number of carbonyl (C=O) groups excluding carboxylic acids is 1. The molecule has 1 aliphatic rings. The molecule has 0 radical (unpaired) electrons. The van der Waals surface area contributed by atoms with E-state index in [9.17, 15) is 9.59 Å². The Hall–Kier alpha value is -2.28. The molecule has 1 atom stereocenters. The second kappa shape index (κ2) is 9.27. The van der Waals surface area contributed by atoms with Gasteiger partial charge in [0.2, 0.25) is 0 Å². The summed E-state index contributed by atoms with van der Waals surface area (Å²) in [6.07, 6.45) is 0.649. The van der Waals surface area contributed by atoms with E-state index in [0.717, 1.165) is 0 Å². The van der Waals surface area contributed by atoms with Gasteiger partial charge in [0, 0.05) is 31.9 Å². The minimum absolute atomic E-state index is 0.148. The molecule has 7 nitrogen and oxygen atoms in total. The highest BCUT2D eigenvalue weighted by Crippen LogP contribution is 2.31. The maximum atomic E-state index is 12.8. The Morgan fingerprint density at radius 1 is 1.28 bits per heavy atom. The first-order chi connectivity index (χ1) is 12.0. The van der Waals surface area contributed by atoms with E-state index in [1.54, 1.807) is 30.0 Å². The summed E-state index contributed by atoms with van der Waals surface area (Å²) in [5.41, 5.74) is 0.457. The summed E-state index contributed by atoms with van der Waals surface area (Å²) in [6, 6.07) is 5.04. The van der Waals surface area contributed by atoms with Gasteiger partial charge in [0.25, 0.3) is 5.91 Å². The summed E-state index contributed by atoms with van der Waals surface area (Å²) >= 11 is 0. The predicted molar refractivity (Wildman–Crippen MR) is 91.2 cm³/mol. The van der Waals surface area contributed by atoms with Gasteiger partial charge in [-0.15, -0.1) is 0 Å². The van der Waals surface area contributed by atoms with Gasteiger partial charge in [-0.05, 0) is 31.5 Å². The molecule has 1 aromatic carbocycles. The first-order valence-corrected chi connectivity index (χ1v) is 8.52. The van der Waals surface area contributed by atoms with Crippen LogP contribution >= 0.6 is 0 Å². The molecule has 0 spiro atoms. The predicted octanol–water partition coefficient (Wildman–Crippen LogP) is 2.05. The van der Waals surface area contributed by atoms with E-state index in [0.29, 0.717) is 56.5 Å². The van der Waals surface area contributed by atoms with Crippen molar-refractivity contribution >= 4 is 11.9 Å². The number of benzene rings is 1. The second-order valence-electron chi connectivity index (χ2n) is 5.90. The number of carboxylic acid groups (broad SMARTS) is 1. The first kappa shape index (κ1) is 19.1. The van der Waals surface area contributed by atoms with Crippen molar-refractivity contribution in [3.8, 4) is 11.5 Å². The smallest absolute Gasteiger partial charge is 0.308 e. The highest BCUT2D eigenvalue weighted by Gasteiger charge is 2.23. The van der Waals surface area contributed by atoms with Gasteiger partial charge < -0.3 is 24.2 Å². The molecule has 0 fully saturated rings. The van der Waals surface area contributed by atoms with Crippen LogP contribution in [0.1, 0.15) is 30.6 Å². The third kappa shape index (κ3) is 5.35. The van der Waals surface area contributed by atoms with E-state index in [4.69, 9.17) is 19.3 Å². The number of nitrogens with zero attached hydrogens (tertiary/aromatic N) is 1. The van der Waals surface area contributed by atoms with Crippen LogP contribution in [0.2, 0.25) is 0 Å². The summed E-state index contributed by atoms with van der Waals surface area (Å²) in [7, 11) is 0. The van der Waals surface area contributed by atoms with Gasteiger partial charge in [-0.2, -0.15) is 0 Å². The third-order valence-corrected chi connectivity index (χ3v) is 3.91. The Kier molecular flexibility index (Phi) is 7.06. The van der Waals surface area contributed by atoms with Crippen molar-refractivity contribution in [1.29, 1.82) is 0 Å². The molecule has 138 valence electrons. The number of amides is 1. The largest absolute Gasteiger partial charge is 0.486 e. The fourth-order valence-corrected chi connectivity index (χ4v) is 2.55. The van der Waals surface area contributed by atoms with Crippen LogP contribution in [-0.2, 0) is 9.53 Å². The Morgan fingerprint density at radius 3 is 2.68 bits per heavy atom. The Labute approximate surface area is 147 Å². The summed E-state index contributed by atoms with van der Waals surface area (Å²) in [5, 5.41) is 9.15. The molecule has 7 heteroatoms. The highest BCUT2D eigenvalue weighted by atomic mass is 16.6. The van der Waals surface area contributed by atoms with Gasteiger partial charge in [0.05, 0.1) is 5.92 Å². The Bertz CT molecular complexity index is 603. The van der Waals surface area contributed by atoms with Crippen LogP contribution in [0.3, 0.4) is 0 Å². The lowest BCUT2D eigenvalue weighted by molar-refractivity contribution is -0.141. The molecule has 1 amide bonds. The maximum absolute atomic E-state index is 12.8. The first-order valence-electron chi connectivity index (χ1n) is 8.52. The van der Waals surface area contributed by atoms with Crippen molar-refractivity contribution in [3.63, 3.8) is 0 Å². The molecule has 0 aliphatic carbocycles. The number of rotatable bonds is 9. The van der Waals surface area contributed by atoms with Gasteiger partial charge in [0.1, 0.15) is 13.2 Å². The molecule has 1 N–H and O–H groups in total. The quantitative estimate of drug-likeness (QED) is 0.686. The average Bonchev–Trinajstić information content (AvgIpc) is 2.63. The van der Waals surface area contributed by atoms with Crippen LogP contribution in [0.25, 0.3) is 0 Å². The lowest BCUT2D eigenvalue weighted by atomic mass is 10.1. The minimum Gasteiger partial charge on any atom is -0.486 e. The standard InChI is InChI=1S/C18H25NO6/c1-3-23-8-4-7-19(12-13(2)18(21)22)17(20)14-5-6-15-16(11-14)25-10-9-24-15/h5-6,11,13H,3-4,7-10,12H2,1-2H3,(H,21,22). The van der Waals surface area contributed by atoms with E-state index in [1.165, 1.54) is 0 Å². The van der Waals surface area contributed by atoms with Gasteiger partial charge in [-0.25, -0.2) is 0 Å². The van der Waals surface area contributed by atoms with Crippen LogP contribution in [0.15, 0.2) is 18.2 Å². The molecular weight excluding hydrogens is 326 g/mol. The van der Waals surface area contributed by atoms with E-state index >= 15 is 0 Å². The summed E-state index contributed by atoms with van der Waals surface area (Å²) in [4.78, 5) is 25.6. The Morgan fingerprint density at radius 2 is 2.00 bits per heavy atom. The molecule has 0 saturated heterocycles. The maximum Gasteiger partial charge on any atom is 0.308 e. The van der Waals surface area contributed by atoms with E-state index < -0.39 is 11.9 Å². The zero-order valence-electron chi connectivity index (χ0n) is 14.7. The number of fused-ring (bicyclic) bond motifs is 1. The lowest BCUT2D eigenvalue weighted by Crippen LogP contribution is -2.38. The van der Waals surface area contributed by atoms with Crippen LogP contribution in [0.4, 0.5) is 0 Å². The average molecular weight is 351 g/mol. The topological polar surface area (TPSA) is 85.3 Å². The number of hydrogen-bond donors (Lipinski definition) is 1. The zero-order valence-corrected chi connectivity index (χ0v) is 14.7. The molecular formula is C18H25NO6. The SMILES string of the molecule is CCOCCCN(CC(C)C(=O)O)C(=O)c1ccc2c(c1)OCCO2. The lowest BCUT2D eigenvalue weighted by Gasteiger charge is -2.25. The third-order valence-electron chi connectivity index (χ3n) is 3.91. The molecule has 1 heterocycles. The highest BCUT2D eigenvalue weighted by molar-refractivity contribution is 5.95. The van der Waals surface area contributed by atoms with Gasteiger partial charge in [-0.1, -0.05) is 6.92 Å². The van der Waals surface area contributed by atoms with Crippen molar-refractivity contribution in [1.82, 2.24) is 4.90 Å². The van der Waals surface area contributed by atoms with Gasteiger partial charge in [-0.3, -0.25) is 9.59 Å². The molecule has 1 aliphatic heterocycles. The fourth-order valence-electron chi connectivity index (χ4n) is 2.55. The number of carbonyl (C=O) groups is 2. The summed E-state index contributed by atoms with van der Waals surface area (Å²) < 4.78 is 16.3. The molecule has 0 aromatic heterocycles. The summed E-state index contributed by atoms with van der Waals surface area (Å²) in [5.74, 6) is -0.637. The zero-order chi connectivity index (χ0) is 18.2. The number of hydrogen-bond acceptors (Lipinski definition) is 5. The molecule has 1 unspecified atom stereocenters. The van der Waals surface area contributed by atoms with Crippen LogP contribution < -0.4 is 9.47 Å². The molecule has 0 bridgehead atoms. The minimum atomic E-state index is -0.926. The van der Waals surface area contributed by atoms with Crippen molar-refractivity contribution < 1.29 is 28.9 Å². The normalized spacial score (nSPS) is 14.0. The van der Waals surface area contributed by atoms with E-state index in [2.05, 4.69) is 0 Å². The van der Waals surface area contributed by atoms with E-state index in [-0.39, 0.29) is 12.5 Å². The number of aliphatic carboxylic acids is 1. The van der Waals surface area contributed by atoms with Crippen molar-refractivity contribution in [3.05, 3.63) is 23.8 Å². The fraction of sp³-hybridized carbons (Fsp3) is 0.556. The monoisotopic (exact) mass is 351 g/mol.